The molecule has 2 N–H and O–H groups in total. The molecule has 2 heterocycles. The summed E-state index contributed by atoms with van der Waals surface area (Å²) >= 11 is 3.04. The maximum absolute atomic E-state index is 13.6. The van der Waals surface area contributed by atoms with Crippen LogP contribution in [0.3, 0.4) is 0 Å². The molecule has 3 nitrogen and oxygen atoms in total. The number of aromatic amines is 1. The van der Waals surface area contributed by atoms with Crippen LogP contribution in [0.15, 0.2) is 21.5 Å². The van der Waals surface area contributed by atoms with Crippen LogP contribution in [-0.4, -0.2) is 24.0 Å². The second-order valence-electron chi connectivity index (χ2n) is 3.88. The normalized spacial score (nSPS) is 21.6. The van der Waals surface area contributed by atoms with Crippen molar-refractivity contribution >= 4 is 40.7 Å². The van der Waals surface area contributed by atoms with Gasteiger partial charge in [-0.1, -0.05) is 0 Å². The predicted molar refractivity (Wildman–Crippen MR) is 74.4 cm³/mol. The van der Waals surface area contributed by atoms with Crippen molar-refractivity contribution in [1.29, 1.82) is 0 Å². The Labute approximate surface area is 124 Å². The van der Waals surface area contributed by atoms with Crippen LogP contribution in [0.2, 0.25) is 0 Å². The Kier molecular flexibility index (Phi) is 6.78. The predicted octanol–water partition coefficient (Wildman–Crippen LogP) is 2.69. The molecule has 1 aliphatic heterocycles. The molecule has 0 saturated carbocycles. The molecule has 1 aromatic rings. The SMILES string of the molecule is Cl.Cl.O=c1[nH]cc(C2CNCCC2(F)F)cc1Br. The third-order valence-corrected chi connectivity index (χ3v) is 3.37. The van der Waals surface area contributed by atoms with Gasteiger partial charge in [-0.3, -0.25) is 4.79 Å². The second-order valence-corrected chi connectivity index (χ2v) is 4.73. The van der Waals surface area contributed by atoms with E-state index in [0.29, 0.717) is 12.1 Å². The van der Waals surface area contributed by atoms with E-state index in [1.807, 2.05) is 0 Å². The van der Waals surface area contributed by atoms with Gasteiger partial charge in [0.1, 0.15) is 0 Å². The number of halogens is 5. The fraction of sp³-hybridized carbons (Fsp3) is 0.500. The van der Waals surface area contributed by atoms with Crippen molar-refractivity contribution in [2.45, 2.75) is 18.3 Å². The van der Waals surface area contributed by atoms with Crippen LogP contribution in [0.4, 0.5) is 8.78 Å². The van der Waals surface area contributed by atoms with E-state index >= 15 is 0 Å². The molecule has 0 bridgehead atoms. The summed E-state index contributed by atoms with van der Waals surface area (Å²) in [5, 5.41) is 2.94. The first-order chi connectivity index (χ1) is 7.50. The molecular formula is C10H13BrCl2F2N2O. The van der Waals surface area contributed by atoms with Crippen LogP contribution < -0.4 is 10.9 Å². The minimum absolute atomic E-state index is 0. The van der Waals surface area contributed by atoms with Crippen LogP contribution in [0.1, 0.15) is 17.9 Å². The lowest BCUT2D eigenvalue weighted by Crippen LogP contribution is -2.43. The van der Waals surface area contributed by atoms with E-state index in [1.54, 1.807) is 0 Å². The number of rotatable bonds is 1. The minimum atomic E-state index is -2.72. The number of aromatic nitrogens is 1. The molecule has 0 spiro atoms. The Morgan fingerprint density at radius 2 is 2.06 bits per heavy atom. The van der Waals surface area contributed by atoms with Gasteiger partial charge in [-0.05, 0) is 27.6 Å². The van der Waals surface area contributed by atoms with Crippen molar-refractivity contribution in [1.82, 2.24) is 10.3 Å². The van der Waals surface area contributed by atoms with E-state index in [2.05, 4.69) is 26.2 Å². The van der Waals surface area contributed by atoms with Crippen molar-refractivity contribution in [3.63, 3.8) is 0 Å². The highest BCUT2D eigenvalue weighted by atomic mass is 79.9. The summed E-state index contributed by atoms with van der Waals surface area (Å²) in [5.41, 5.74) is 0.138. The molecule has 0 amide bonds. The van der Waals surface area contributed by atoms with Gasteiger partial charge < -0.3 is 10.3 Å². The number of alkyl halides is 2. The van der Waals surface area contributed by atoms with Crippen molar-refractivity contribution in [3.8, 4) is 0 Å². The summed E-state index contributed by atoms with van der Waals surface area (Å²) in [6, 6.07) is 1.46. The van der Waals surface area contributed by atoms with Crippen molar-refractivity contribution in [2.75, 3.05) is 13.1 Å². The molecule has 18 heavy (non-hydrogen) atoms. The Morgan fingerprint density at radius 1 is 1.39 bits per heavy atom. The van der Waals surface area contributed by atoms with Gasteiger partial charge in [0.2, 0.25) is 0 Å². The smallest absolute Gasteiger partial charge is 0.262 e. The van der Waals surface area contributed by atoms with Crippen LogP contribution in [0.25, 0.3) is 0 Å². The van der Waals surface area contributed by atoms with Crippen molar-refractivity contribution < 1.29 is 8.78 Å². The molecule has 104 valence electrons. The quantitative estimate of drug-likeness (QED) is 0.803. The molecule has 1 fully saturated rings. The number of piperidine rings is 1. The van der Waals surface area contributed by atoms with Gasteiger partial charge in [0.15, 0.2) is 0 Å². The molecule has 0 radical (unpaired) electrons. The Morgan fingerprint density at radius 3 is 2.61 bits per heavy atom. The van der Waals surface area contributed by atoms with Gasteiger partial charge >= 0.3 is 0 Å². The lowest BCUT2D eigenvalue weighted by molar-refractivity contribution is -0.0480. The topological polar surface area (TPSA) is 44.9 Å². The lowest BCUT2D eigenvalue weighted by atomic mass is 9.89. The van der Waals surface area contributed by atoms with Crippen molar-refractivity contribution in [2.24, 2.45) is 0 Å². The fourth-order valence-electron chi connectivity index (χ4n) is 1.86. The minimum Gasteiger partial charge on any atom is -0.328 e. The highest BCUT2D eigenvalue weighted by Crippen LogP contribution is 2.37. The van der Waals surface area contributed by atoms with E-state index in [9.17, 15) is 13.6 Å². The van der Waals surface area contributed by atoms with E-state index in [0.717, 1.165) is 0 Å². The first-order valence-corrected chi connectivity index (χ1v) is 5.77. The molecule has 1 atom stereocenters. The molecule has 1 saturated heterocycles. The monoisotopic (exact) mass is 364 g/mol. The number of H-pyrrole nitrogens is 1. The summed E-state index contributed by atoms with van der Waals surface area (Å²) in [7, 11) is 0. The van der Waals surface area contributed by atoms with E-state index in [-0.39, 0.29) is 47.8 Å². The lowest BCUT2D eigenvalue weighted by Gasteiger charge is -2.32. The van der Waals surface area contributed by atoms with E-state index in [1.165, 1.54) is 12.3 Å². The average molecular weight is 366 g/mol. The number of hydrogen-bond acceptors (Lipinski definition) is 2. The summed E-state index contributed by atoms with van der Waals surface area (Å²) in [6.07, 6.45) is 1.19. The summed E-state index contributed by atoms with van der Waals surface area (Å²) in [6.45, 7) is 0.555. The maximum atomic E-state index is 13.6. The first kappa shape index (κ1) is 17.8. The molecule has 1 aliphatic rings. The van der Waals surface area contributed by atoms with E-state index < -0.39 is 11.8 Å². The number of hydrogen-bond donors (Lipinski definition) is 2. The summed E-state index contributed by atoms with van der Waals surface area (Å²) in [4.78, 5) is 13.5. The molecular weight excluding hydrogens is 353 g/mol. The largest absolute Gasteiger partial charge is 0.328 e. The molecule has 0 aromatic carbocycles. The maximum Gasteiger partial charge on any atom is 0.262 e. The third kappa shape index (κ3) is 3.66. The highest BCUT2D eigenvalue weighted by Gasteiger charge is 2.42. The zero-order valence-electron chi connectivity index (χ0n) is 9.21. The molecule has 1 unspecified atom stereocenters. The standard InChI is InChI=1S/C10H11BrF2N2O.2ClH/c11-8-3-6(4-15-9(8)16)7-5-14-2-1-10(7,12)13;;/h3-4,7,14H,1-2,5H2,(H,15,16);2*1H. The first-order valence-electron chi connectivity index (χ1n) is 4.97. The highest BCUT2D eigenvalue weighted by molar-refractivity contribution is 9.10. The van der Waals surface area contributed by atoms with Gasteiger partial charge in [0.05, 0.1) is 10.4 Å². The van der Waals surface area contributed by atoms with Crippen molar-refractivity contribution in [3.05, 3.63) is 32.7 Å². The molecule has 2 rings (SSSR count). The zero-order valence-corrected chi connectivity index (χ0v) is 12.4. The molecule has 1 aromatic heterocycles. The summed E-state index contributed by atoms with van der Waals surface area (Å²) in [5.74, 6) is -3.60. The Hall–Kier alpha value is -0.170. The Bertz CT molecular complexity index is 456. The van der Waals surface area contributed by atoms with Crippen LogP contribution >= 0.6 is 40.7 Å². The third-order valence-electron chi connectivity index (χ3n) is 2.78. The van der Waals surface area contributed by atoms with Gasteiger partial charge in [-0.25, -0.2) is 8.78 Å². The molecule has 0 aliphatic carbocycles. The van der Waals surface area contributed by atoms with E-state index in [4.69, 9.17) is 0 Å². The van der Waals surface area contributed by atoms with Gasteiger partial charge in [0.25, 0.3) is 11.5 Å². The average Bonchev–Trinajstić information content (AvgIpc) is 2.22. The van der Waals surface area contributed by atoms with Gasteiger partial charge in [-0.15, -0.1) is 24.8 Å². The number of pyridine rings is 1. The Balaban J connectivity index is 0.00000144. The summed E-state index contributed by atoms with van der Waals surface area (Å²) < 4.78 is 27.6. The number of nitrogens with one attached hydrogen (secondary N) is 2. The van der Waals surface area contributed by atoms with Gasteiger partial charge in [-0.2, -0.15) is 0 Å². The van der Waals surface area contributed by atoms with Crippen LogP contribution in [-0.2, 0) is 0 Å². The van der Waals surface area contributed by atoms with Gasteiger partial charge in [0, 0.05) is 25.7 Å². The van der Waals surface area contributed by atoms with Crippen LogP contribution in [0.5, 0.6) is 0 Å². The second kappa shape index (κ2) is 6.84. The fourth-order valence-corrected chi connectivity index (χ4v) is 2.24. The molecule has 8 heteroatoms. The van der Waals surface area contributed by atoms with Crippen LogP contribution in [0, 0.1) is 0 Å². The zero-order chi connectivity index (χ0) is 11.8.